The van der Waals surface area contributed by atoms with Crippen LogP contribution in [0.3, 0.4) is 0 Å². The number of ketones is 1. The molecule has 0 aliphatic heterocycles. The van der Waals surface area contributed by atoms with Gasteiger partial charge in [-0.25, -0.2) is 14.5 Å². The van der Waals surface area contributed by atoms with Crippen LogP contribution in [0.4, 0.5) is 0 Å². The first-order valence-electron chi connectivity index (χ1n) is 8.68. The molecule has 0 aliphatic rings. The summed E-state index contributed by atoms with van der Waals surface area (Å²) in [6.45, 7) is 3.74. The molecule has 0 spiro atoms. The number of carboxylic acid groups (broad SMARTS) is 1. The quantitative estimate of drug-likeness (QED) is 0.486. The van der Waals surface area contributed by atoms with E-state index in [0.29, 0.717) is 11.1 Å². The van der Waals surface area contributed by atoms with Crippen LogP contribution in [-0.2, 0) is 4.79 Å². The Morgan fingerprint density at radius 3 is 2.36 bits per heavy atom. The SMILES string of the molecule is Cc1cc(C)cc(C(=O)CN/C(=C/c2ccc(-n3cncn3)cc2)C(=O)O)c1. The van der Waals surface area contributed by atoms with Gasteiger partial charge in [0.25, 0.3) is 0 Å². The Morgan fingerprint density at radius 2 is 1.79 bits per heavy atom. The van der Waals surface area contributed by atoms with Crippen molar-refractivity contribution in [1.29, 1.82) is 0 Å². The molecule has 2 aromatic carbocycles. The number of aromatic nitrogens is 3. The van der Waals surface area contributed by atoms with Crippen molar-refractivity contribution >= 4 is 17.8 Å². The molecule has 0 bridgehead atoms. The van der Waals surface area contributed by atoms with Crippen molar-refractivity contribution in [3.8, 4) is 5.69 Å². The topological polar surface area (TPSA) is 97.1 Å². The van der Waals surface area contributed by atoms with Gasteiger partial charge < -0.3 is 10.4 Å². The molecule has 0 unspecified atom stereocenters. The van der Waals surface area contributed by atoms with Crippen molar-refractivity contribution in [2.24, 2.45) is 0 Å². The molecule has 3 rings (SSSR count). The molecule has 0 atom stereocenters. The van der Waals surface area contributed by atoms with Crippen LogP contribution < -0.4 is 5.32 Å². The predicted octanol–water partition coefficient (Wildman–Crippen LogP) is 2.78. The van der Waals surface area contributed by atoms with E-state index in [4.69, 9.17) is 0 Å². The number of carbonyl (C=O) groups excluding carboxylic acids is 1. The van der Waals surface area contributed by atoms with Gasteiger partial charge in [-0.3, -0.25) is 4.79 Å². The Morgan fingerprint density at radius 1 is 1.11 bits per heavy atom. The van der Waals surface area contributed by atoms with E-state index in [1.165, 1.54) is 12.4 Å². The summed E-state index contributed by atoms with van der Waals surface area (Å²) in [6, 6.07) is 12.7. The fourth-order valence-electron chi connectivity index (χ4n) is 2.83. The smallest absolute Gasteiger partial charge is 0.351 e. The van der Waals surface area contributed by atoms with Gasteiger partial charge in [0, 0.05) is 5.56 Å². The maximum atomic E-state index is 12.4. The Labute approximate surface area is 162 Å². The molecule has 2 N–H and O–H groups in total. The Hall–Kier alpha value is -3.74. The average molecular weight is 376 g/mol. The number of aryl methyl sites for hydroxylation is 2. The summed E-state index contributed by atoms with van der Waals surface area (Å²) in [7, 11) is 0. The highest BCUT2D eigenvalue weighted by Crippen LogP contribution is 2.12. The van der Waals surface area contributed by atoms with Gasteiger partial charge in [0.2, 0.25) is 0 Å². The first kappa shape index (κ1) is 19.0. The molecule has 0 radical (unpaired) electrons. The summed E-state index contributed by atoms with van der Waals surface area (Å²) in [5.74, 6) is -1.30. The second-order valence-corrected chi connectivity index (χ2v) is 6.45. The van der Waals surface area contributed by atoms with Gasteiger partial charge in [-0.05, 0) is 49.8 Å². The highest BCUT2D eigenvalue weighted by molar-refractivity contribution is 5.99. The maximum Gasteiger partial charge on any atom is 0.351 e. The molecule has 0 amide bonds. The first-order chi connectivity index (χ1) is 13.4. The van der Waals surface area contributed by atoms with E-state index < -0.39 is 5.97 Å². The Balaban J connectivity index is 1.72. The van der Waals surface area contributed by atoms with Gasteiger partial charge in [-0.2, -0.15) is 5.10 Å². The lowest BCUT2D eigenvalue weighted by atomic mass is 10.0. The summed E-state index contributed by atoms with van der Waals surface area (Å²) in [5.41, 5.74) is 3.99. The highest BCUT2D eigenvalue weighted by atomic mass is 16.4. The van der Waals surface area contributed by atoms with E-state index in [2.05, 4.69) is 15.4 Å². The molecule has 0 saturated carbocycles. The molecule has 1 heterocycles. The zero-order valence-corrected chi connectivity index (χ0v) is 15.6. The zero-order valence-electron chi connectivity index (χ0n) is 15.6. The lowest BCUT2D eigenvalue weighted by molar-refractivity contribution is -0.132. The molecule has 0 saturated heterocycles. The van der Waals surface area contributed by atoms with Gasteiger partial charge in [-0.1, -0.05) is 29.3 Å². The summed E-state index contributed by atoms with van der Waals surface area (Å²) in [5, 5.41) is 16.2. The minimum atomic E-state index is -1.13. The number of nitrogens with zero attached hydrogens (tertiary/aromatic N) is 3. The van der Waals surface area contributed by atoms with Crippen LogP contribution >= 0.6 is 0 Å². The highest BCUT2D eigenvalue weighted by Gasteiger charge is 2.12. The molecule has 28 heavy (non-hydrogen) atoms. The average Bonchev–Trinajstić information content (AvgIpc) is 3.19. The van der Waals surface area contributed by atoms with Crippen LogP contribution in [0.2, 0.25) is 0 Å². The third kappa shape index (κ3) is 4.70. The van der Waals surface area contributed by atoms with Crippen LogP contribution in [0.15, 0.2) is 60.8 Å². The predicted molar refractivity (Wildman–Crippen MR) is 105 cm³/mol. The van der Waals surface area contributed by atoms with Crippen molar-refractivity contribution in [3.63, 3.8) is 0 Å². The van der Waals surface area contributed by atoms with Crippen LogP contribution in [-0.4, -0.2) is 38.2 Å². The monoisotopic (exact) mass is 376 g/mol. The number of carbonyl (C=O) groups is 2. The van der Waals surface area contributed by atoms with E-state index >= 15 is 0 Å². The first-order valence-corrected chi connectivity index (χ1v) is 8.68. The lowest BCUT2D eigenvalue weighted by Crippen LogP contribution is -2.26. The van der Waals surface area contributed by atoms with E-state index in [9.17, 15) is 14.7 Å². The van der Waals surface area contributed by atoms with Crippen molar-refractivity contribution in [2.75, 3.05) is 6.54 Å². The number of hydrogen-bond donors (Lipinski definition) is 2. The second kappa shape index (κ2) is 8.30. The standard InChI is InChI=1S/C21H20N4O3/c1-14-7-15(2)9-17(8-14)20(26)11-23-19(21(27)28)10-16-3-5-18(6-4-16)25-13-22-12-24-25/h3-10,12-13,23H,11H2,1-2H3,(H,27,28)/b19-10+. The van der Waals surface area contributed by atoms with Gasteiger partial charge >= 0.3 is 5.97 Å². The molecular weight excluding hydrogens is 356 g/mol. The van der Waals surface area contributed by atoms with Crippen LogP contribution in [0.1, 0.15) is 27.0 Å². The van der Waals surface area contributed by atoms with Crippen molar-refractivity contribution in [2.45, 2.75) is 13.8 Å². The van der Waals surface area contributed by atoms with Gasteiger partial charge in [0.05, 0.1) is 12.2 Å². The number of rotatable bonds is 7. The minimum Gasteiger partial charge on any atom is -0.477 e. The van der Waals surface area contributed by atoms with Gasteiger partial charge in [-0.15, -0.1) is 0 Å². The second-order valence-electron chi connectivity index (χ2n) is 6.45. The molecule has 7 nitrogen and oxygen atoms in total. The zero-order chi connectivity index (χ0) is 20.1. The summed E-state index contributed by atoms with van der Waals surface area (Å²) in [6.07, 6.45) is 4.50. The molecule has 142 valence electrons. The van der Waals surface area contributed by atoms with Gasteiger partial charge in [0.15, 0.2) is 5.78 Å². The van der Waals surface area contributed by atoms with Crippen molar-refractivity contribution in [3.05, 3.63) is 83.1 Å². The molecule has 0 fully saturated rings. The fraction of sp³-hybridized carbons (Fsp3) is 0.143. The lowest BCUT2D eigenvalue weighted by Gasteiger charge is -2.08. The molecular formula is C21H20N4O3. The number of hydrogen-bond acceptors (Lipinski definition) is 5. The Kier molecular flexibility index (Phi) is 5.64. The third-order valence-electron chi connectivity index (χ3n) is 4.10. The fourth-order valence-corrected chi connectivity index (χ4v) is 2.83. The molecule has 3 aromatic rings. The van der Waals surface area contributed by atoms with Gasteiger partial charge in [0.1, 0.15) is 18.4 Å². The normalized spacial score (nSPS) is 11.3. The van der Waals surface area contributed by atoms with E-state index in [0.717, 1.165) is 16.8 Å². The van der Waals surface area contributed by atoms with E-state index in [1.54, 1.807) is 47.4 Å². The summed E-state index contributed by atoms with van der Waals surface area (Å²) < 4.78 is 1.60. The summed E-state index contributed by atoms with van der Waals surface area (Å²) >= 11 is 0. The maximum absolute atomic E-state index is 12.4. The van der Waals surface area contributed by atoms with Crippen molar-refractivity contribution < 1.29 is 14.7 Å². The number of carboxylic acids is 1. The number of benzene rings is 2. The van der Waals surface area contributed by atoms with Crippen molar-refractivity contribution in [1.82, 2.24) is 20.1 Å². The third-order valence-corrected chi connectivity index (χ3v) is 4.10. The molecule has 1 aromatic heterocycles. The molecule has 7 heteroatoms. The van der Waals surface area contributed by atoms with Crippen LogP contribution in [0, 0.1) is 13.8 Å². The van der Waals surface area contributed by atoms with Crippen LogP contribution in [0.5, 0.6) is 0 Å². The van der Waals surface area contributed by atoms with Crippen LogP contribution in [0.25, 0.3) is 11.8 Å². The number of aliphatic carboxylic acids is 1. The Bertz CT molecular complexity index is 1000. The van der Waals surface area contributed by atoms with E-state index in [-0.39, 0.29) is 18.0 Å². The number of nitrogens with one attached hydrogen (secondary N) is 1. The molecule has 0 aliphatic carbocycles. The minimum absolute atomic E-state index is 0.0498. The number of Topliss-reactive ketones (excluding diaryl/α,β-unsaturated/α-hetero) is 1. The summed E-state index contributed by atoms with van der Waals surface area (Å²) in [4.78, 5) is 27.8. The largest absolute Gasteiger partial charge is 0.477 e. The van der Waals surface area contributed by atoms with E-state index in [1.807, 2.05) is 19.9 Å².